The number of nitrogens with one attached hydrogen (secondary N) is 1. The minimum Gasteiger partial charge on any atom is -0.398 e. The number of nitrogens with two attached hydrogens (primary N) is 1. The first-order chi connectivity index (χ1) is 8.06. The number of hydrogen-bond acceptors (Lipinski definition) is 3. The maximum atomic E-state index is 12.0. The number of hydrogen-bond donors (Lipinski definition) is 2. The number of carbonyl (C=O) groups excluding carboxylic acids is 1. The molecule has 17 heavy (non-hydrogen) atoms. The van der Waals surface area contributed by atoms with Crippen molar-refractivity contribution in [2.75, 3.05) is 18.5 Å². The average Bonchev–Trinajstić information content (AvgIpc) is 3.07. The van der Waals surface area contributed by atoms with Crippen molar-refractivity contribution in [2.24, 2.45) is 0 Å². The lowest BCUT2D eigenvalue weighted by Crippen LogP contribution is -2.32. The zero-order chi connectivity index (χ0) is 12.5. The Morgan fingerprint density at radius 2 is 2.29 bits per heavy atom. The molecule has 0 atom stereocenters. The largest absolute Gasteiger partial charge is 0.398 e. The van der Waals surface area contributed by atoms with Gasteiger partial charge in [-0.2, -0.15) is 11.8 Å². The Morgan fingerprint density at radius 3 is 2.82 bits per heavy atom. The van der Waals surface area contributed by atoms with Crippen LogP contribution in [-0.4, -0.2) is 23.5 Å². The first kappa shape index (κ1) is 12.8. The molecule has 0 bridgehead atoms. The summed E-state index contributed by atoms with van der Waals surface area (Å²) in [5.41, 5.74) is 6.87. The second-order valence-electron chi connectivity index (χ2n) is 4.30. The molecular formula is C12H15BrN2OS. The quantitative estimate of drug-likeness (QED) is 0.840. The highest BCUT2D eigenvalue weighted by Crippen LogP contribution is 2.46. The fourth-order valence-corrected chi connectivity index (χ4v) is 2.78. The lowest BCUT2D eigenvalue weighted by atomic mass is 10.1. The fraction of sp³-hybridized carbons (Fsp3) is 0.417. The molecule has 1 aliphatic carbocycles. The predicted molar refractivity (Wildman–Crippen MR) is 76.4 cm³/mol. The molecule has 0 heterocycles. The van der Waals surface area contributed by atoms with Crippen molar-refractivity contribution in [1.29, 1.82) is 0 Å². The van der Waals surface area contributed by atoms with Gasteiger partial charge in [-0.3, -0.25) is 4.79 Å². The van der Waals surface area contributed by atoms with Crippen molar-refractivity contribution in [3.05, 3.63) is 28.2 Å². The predicted octanol–water partition coefficient (Wildman–Crippen LogP) is 2.66. The Bertz CT molecular complexity index is 446. The van der Waals surface area contributed by atoms with Gasteiger partial charge >= 0.3 is 0 Å². The summed E-state index contributed by atoms with van der Waals surface area (Å²) < 4.78 is 1.16. The third-order valence-corrected chi connectivity index (χ3v) is 4.98. The third kappa shape index (κ3) is 2.96. The van der Waals surface area contributed by atoms with E-state index in [1.165, 1.54) is 12.8 Å². The lowest BCUT2D eigenvalue weighted by molar-refractivity contribution is 0.0954. The highest BCUT2D eigenvalue weighted by molar-refractivity contribution is 9.10. The summed E-state index contributed by atoms with van der Waals surface area (Å²) >= 11 is 5.15. The van der Waals surface area contributed by atoms with Gasteiger partial charge in [-0.05, 0) is 37.3 Å². The summed E-state index contributed by atoms with van der Waals surface area (Å²) in [6.45, 7) is 0.725. The highest BCUT2D eigenvalue weighted by Gasteiger charge is 2.41. The second-order valence-corrected chi connectivity index (χ2v) is 6.49. The van der Waals surface area contributed by atoms with Crippen LogP contribution in [0.3, 0.4) is 0 Å². The maximum absolute atomic E-state index is 12.0. The minimum absolute atomic E-state index is 0.0877. The maximum Gasteiger partial charge on any atom is 0.253 e. The standard InChI is InChI=1S/C12H15BrN2OS/c1-17-12(4-5-12)7-15-11(16)9-3-2-8(13)6-10(9)14/h2-3,6H,4-5,7,14H2,1H3,(H,15,16). The van der Waals surface area contributed by atoms with E-state index >= 15 is 0 Å². The van der Waals surface area contributed by atoms with Crippen molar-refractivity contribution >= 4 is 39.3 Å². The summed E-state index contributed by atoms with van der Waals surface area (Å²) in [4.78, 5) is 12.0. The average molecular weight is 315 g/mol. The Labute approximate surface area is 114 Å². The molecule has 0 saturated heterocycles. The lowest BCUT2D eigenvalue weighted by Gasteiger charge is -2.13. The molecule has 2 rings (SSSR count). The molecule has 1 aromatic rings. The summed E-state index contributed by atoms with van der Waals surface area (Å²) in [5.74, 6) is -0.0877. The first-order valence-electron chi connectivity index (χ1n) is 5.45. The molecule has 5 heteroatoms. The molecular weight excluding hydrogens is 300 g/mol. The molecule has 1 amide bonds. The van der Waals surface area contributed by atoms with E-state index in [2.05, 4.69) is 27.5 Å². The van der Waals surface area contributed by atoms with Crippen molar-refractivity contribution in [3.8, 4) is 0 Å². The SMILES string of the molecule is CSC1(CNC(=O)c2ccc(Br)cc2N)CC1. The van der Waals surface area contributed by atoms with Crippen LogP contribution in [0.5, 0.6) is 0 Å². The van der Waals surface area contributed by atoms with Gasteiger partial charge in [0.2, 0.25) is 0 Å². The Kier molecular flexibility index (Phi) is 3.68. The summed E-state index contributed by atoms with van der Waals surface area (Å²) in [6.07, 6.45) is 4.46. The van der Waals surface area contributed by atoms with Crippen LogP contribution in [0.15, 0.2) is 22.7 Å². The monoisotopic (exact) mass is 314 g/mol. The van der Waals surface area contributed by atoms with E-state index in [4.69, 9.17) is 5.73 Å². The van der Waals surface area contributed by atoms with Gasteiger partial charge in [0.1, 0.15) is 0 Å². The molecule has 1 aliphatic rings. The van der Waals surface area contributed by atoms with E-state index in [0.29, 0.717) is 11.3 Å². The van der Waals surface area contributed by atoms with Gasteiger partial charge in [-0.25, -0.2) is 0 Å². The molecule has 92 valence electrons. The van der Waals surface area contributed by atoms with Gasteiger partial charge in [0.25, 0.3) is 5.91 Å². The minimum atomic E-state index is -0.0877. The van der Waals surface area contributed by atoms with Crippen LogP contribution in [0.4, 0.5) is 5.69 Å². The van der Waals surface area contributed by atoms with Gasteiger partial charge < -0.3 is 11.1 Å². The van der Waals surface area contributed by atoms with E-state index in [1.54, 1.807) is 12.1 Å². The molecule has 1 saturated carbocycles. The number of nitrogen functional groups attached to an aromatic ring is 1. The number of carbonyl (C=O) groups is 1. The number of halogens is 1. The molecule has 0 aliphatic heterocycles. The number of benzene rings is 1. The zero-order valence-electron chi connectivity index (χ0n) is 9.63. The van der Waals surface area contributed by atoms with Crippen LogP contribution in [0, 0.1) is 0 Å². The van der Waals surface area contributed by atoms with E-state index in [9.17, 15) is 4.79 Å². The normalized spacial score (nSPS) is 16.6. The molecule has 0 unspecified atom stereocenters. The van der Waals surface area contributed by atoms with Gasteiger partial charge in [-0.15, -0.1) is 0 Å². The number of anilines is 1. The topological polar surface area (TPSA) is 55.1 Å². The summed E-state index contributed by atoms with van der Waals surface area (Å²) in [5, 5.41) is 2.96. The van der Waals surface area contributed by atoms with Gasteiger partial charge in [0.15, 0.2) is 0 Å². The van der Waals surface area contributed by atoms with Crippen LogP contribution in [0.25, 0.3) is 0 Å². The molecule has 3 nitrogen and oxygen atoms in total. The Balaban J connectivity index is 2.00. The van der Waals surface area contributed by atoms with Crippen molar-refractivity contribution < 1.29 is 4.79 Å². The Morgan fingerprint density at radius 1 is 1.59 bits per heavy atom. The zero-order valence-corrected chi connectivity index (χ0v) is 12.0. The molecule has 0 aromatic heterocycles. The van der Waals surface area contributed by atoms with Crippen molar-refractivity contribution in [2.45, 2.75) is 17.6 Å². The van der Waals surface area contributed by atoms with E-state index in [-0.39, 0.29) is 10.7 Å². The van der Waals surface area contributed by atoms with Gasteiger partial charge in [0, 0.05) is 21.5 Å². The number of amides is 1. The van der Waals surface area contributed by atoms with E-state index < -0.39 is 0 Å². The van der Waals surface area contributed by atoms with Crippen molar-refractivity contribution in [3.63, 3.8) is 0 Å². The summed E-state index contributed by atoms with van der Waals surface area (Å²) in [7, 11) is 0. The molecule has 0 radical (unpaired) electrons. The van der Waals surface area contributed by atoms with Gasteiger partial charge in [-0.1, -0.05) is 15.9 Å². The number of rotatable bonds is 4. The van der Waals surface area contributed by atoms with Crippen LogP contribution in [0.2, 0.25) is 0 Å². The molecule has 3 N–H and O–H groups in total. The van der Waals surface area contributed by atoms with Crippen LogP contribution in [0.1, 0.15) is 23.2 Å². The molecule has 1 fully saturated rings. The van der Waals surface area contributed by atoms with Crippen LogP contribution >= 0.6 is 27.7 Å². The third-order valence-electron chi connectivity index (χ3n) is 3.07. The van der Waals surface area contributed by atoms with E-state index in [1.807, 2.05) is 17.8 Å². The highest BCUT2D eigenvalue weighted by atomic mass is 79.9. The summed E-state index contributed by atoms with van der Waals surface area (Å²) in [6, 6.07) is 5.32. The van der Waals surface area contributed by atoms with E-state index in [0.717, 1.165) is 11.0 Å². The molecule has 1 aromatic carbocycles. The fourth-order valence-electron chi connectivity index (χ4n) is 1.67. The Hall–Kier alpha value is -0.680. The molecule has 0 spiro atoms. The second kappa shape index (κ2) is 4.90. The van der Waals surface area contributed by atoms with Gasteiger partial charge in [0.05, 0.1) is 5.56 Å². The first-order valence-corrected chi connectivity index (χ1v) is 7.46. The number of thioether (sulfide) groups is 1. The van der Waals surface area contributed by atoms with Crippen LogP contribution < -0.4 is 11.1 Å². The van der Waals surface area contributed by atoms with Crippen molar-refractivity contribution in [1.82, 2.24) is 5.32 Å². The smallest absolute Gasteiger partial charge is 0.253 e. The van der Waals surface area contributed by atoms with Crippen LogP contribution in [-0.2, 0) is 0 Å².